The Hall–Kier alpha value is 0.0631. The number of benzene rings is 1. The SMILES string of the molecule is COCc1ccccc1C.[Bi]. The van der Waals surface area contributed by atoms with Crippen molar-refractivity contribution in [2.75, 3.05) is 7.11 Å². The van der Waals surface area contributed by atoms with Crippen LogP contribution in [-0.2, 0) is 11.3 Å². The van der Waals surface area contributed by atoms with Crippen LogP contribution < -0.4 is 0 Å². The van der Waals surface area contributed by atoms with E-state index in [1.807, 2.05) is 12.1 Å². The second-order valence-electron chi connectivity index (χ2n) is 2.36. The summed E-state index contributed by atoms with van der Waals surface area (Å²) in [5.74, 6) is 0. The maximum Gasteiger partial charge on any atom is 0.0715 e. The minimum absolute atomic E-state index is 0. The van der Waals surface area contributed by atoms with Gasteiger partial charge in [-0.3, -0.25) is 0 Å². The molecule has 1 nitrogen and oxygen atoms in total. The monoisotopic (exact) mass is 345 g/mol. The van der Waals surface area contributed by atoms with Crippen LogP contribution in [0.1, 0.15) is 11.1 Å². The molecule has 1 aromatic carbocycles. The van der Waals surface area contributed by atoms with Crippen molar-refractivity contribution in [3.8, 4) is 0 Å². The van der Waals surface area contributed by atoms with Crippen molar-refractivity contribution in [3.05, 3.63) is 35.4 Å². The van der Waals surface area contributed by atoms with E-state index in [2.05, 4.69) is 19.1 Å². The maximum atomic E-state index is 5.01. The summed E-state index contributed by atoms with van der Waals surface area (Å²) in [6, 6.07) is 8.24. The molecule has 11 heavy (non-hydrogen) atoms. The normalized spacial score (nSPS) is 8.91. The first kappa shape index (κ1) is 11.1. The molecular weight excluding hydrogens is 333 g/mol. The van der Waals surface area contributed by atoms with Gasteiger partial charge in [-0.25, -0.2) is 0 Å². The molecule has 0 fully saturated rings. The van der Waals surface area contributed by atoms with Gasteiger partial charge in [0.25, 0.3) is 0 Å². The largest absolute Gasteiger partial charge is 0.380 e. The van der Waals surface area contributed by atoms with Gasteiger partial charge in [-0.15, -0.1) is 0 Å². The summed E-state index contributed by atoms with van der Waals surface area (Å²) in [6.07, 6.45) is 0. The molecule has 1 rings (SSSR count). The van der Waals surface area contributed by atoms with Crippen molar-refractivity contribution in [2.45, 2.75) is 13.5 Å². The second kappa shape index (κ2) is 5.68. The third-order valence-electron chi connectivity index (χ3n) is 1.56. The molecule has 0 aromatic heterocycles. The zero-order valence-corrected chi connectivity index (χ0v) is 10.3. The van der Waals surface area contributed by atoms with Crippen LogP contribution in [0.5, 0.6) is 0 Å². The summed E-state index contributed by atoms with van der Waals surface area (Å²) >= 11 is 0. The standard InChI is InChI=1S/C9H12O.Bi/c1-8-5-3-4-6-9(8)7-10-2;/h3-6H,7H2,1-2H3;. The molecule has 3 radical (unpaired) electrons. The molecule has 0 amide bonds. The average molecular weight is 345 g/mol. The van der Waals surface area contributed by atoms with E-state index in [4.69, 9.17) is 4.74 Å². The van der Waals surface area contributed by atoms with Crippen molar-refractivity contribution in [2.24, 2.45) is 0 Å². The summed E-state index contributed by atoms with van der Waals surface area (Å²) in [6.45, 7) is 2.81. The number of hydrogen-bond acceptors (Lipinski definition) is 1. The number of hydrogen-bond donors (Lipinski definition) is 0. The van der Waals surface area contributed by atoms with Gasteiger partial charge >= 0.3 is 0 Å². The maximum absolute atomic E-state index is 5.01. The Kier molecular flexibility index (Phi) is 5.71. The van der Waals surface area contributed by atoms with E-state index in [0.29, 0.717) is 6.61 Å². The van der Waals surface area contributed by atoms with Crippen LogP contribution in [0.2, 0.25) is 0 Å². The molecule has 0 aliphatic rings. The van der Waals surface area contributed by atoms with Gasteiger partial charge in [0.1, 0.15) is 0 Å². The summed E-state index contributed by atoms with van der Waals surface area (Å²) in [5, 5.41) is 0. The molecule has 0 aliphatic carbocycles. The third-order valence-corrected chi connectivity index (χ3v) is 1.56. The molecule has 2 heteroatoms. The van der Waals surface area contributed by atoms with Crippen molar-refractivity contribution in [1.82, 2.24) is 0 Å². The zero-order valence-electron chi connectivity index (χ0n) is 6.87. The fraction of sp³-hybridized carbons (Fsp3) is 0.333. The van der Waals surface area contributed by atoms with E-state index >= 15 is 0 Å². The van der Waals surface area contributed by atoms with Crippen LogP contribution in [0.25, 0.3) is 0 Å². The van der Waals surface area contributed by atoms with E-state index in [1.165, 1.54) is 11.1 Å². The minimum Gasteiger partial charge on any atom is -0.380 e. The molecular formula is C9H12BiO. The van der Waals surface area contributed by atoms with Crippen LogP contribution in [0.15, 0.2) is 24.3 Å². The first-order valence-electron chi connectivity index (χ1n) is 3.38. The van der Waals surface area contributed by atoms with Crippen molar-refractivity contribution < 1.29 is 4.74 Å². The summed E-state index contributed by atoms with van der Waals surface area (Å²) in [5.41, 5.74) is 2.56. The van der Waals surface area contributed by atoms with Crippen LogP contribution in [0.4, 0.5) is 0 Å². The van der Waals surface area contributed by atoms with E-state index < -0.39 is 0 Å². The first-order chi connectivity index (χ1) is 4.84. The van der Waals surface area contributed by atoms with Gasteiger partial charge in [0, 0.05) is 33.3 Å². The topological polar surface area (TPSA) is 9.23 Å². The zero-order chi connectivity index (χ0) is 7.40. The Bertz CT molecular complexity index is 210. The van der Waals surface area contributed by atoms with E-state index in [1.54, 1.807) is 7.11 Å². The molecule has 0 heterocycles. The molecule has 0 saturated heterocycles. The van der Waals surface area contributed by atoms with Crippen LogP contribution >= 0.6 is 0 Å². The Labute approximate surface area is 86.9 Å². The van der Waals surface area contributed by atoms with Crippen molar-refractivity contribution in [1.29, 1.82) is 0 Å². The van der Waals surface area contributed by atoms with Crippen molar-refractivity contribution >= 4 is 26.2 Å². The number of aryl methyl sites for hydroxylation is 1. The predicted octanol–water partition coefficient (Wildman–Crippen LogP) is 1.76. The van der Waals surface area contributed by atoms with Gasteiger partial charge in [-0.05, 0) is 18.1 Å². The van der Waals surface area contributed by atoms with Crippen LogP contribution in [-0.4, -0.2) is 33.3 Å². The minimum atomic E-state index is 0. The smallest absolute Gasteiger partial charge is 0.0715 e. The molecule has 0 bridgehead atoms. The van der Waals surface area contributed by atoms with Crippen molar-refractivity contribution in [3.63, 3.8) is 0 Å². The summed E-state index contributed by atoms with van der Waals surface area (Å²) in [7, 11) is 1.71. The van der Waals surface area contributed by atoms with Gasteiger partial charge in [0.05, 0.1) is 6.61 Å². The molecule has 59 valence electrons. The quantitative estimate of drug-likeness (QED) is 0.743. The Morgan fingerprint density at radius 1 is 1.27 bits per heavy atom. The number of methoxy groups -OCH3 is 1. The molecule has 0 unspecified atom stereocenters. The first-order valence-corrected chi connectivity index (χ1v) is 3.38. The summed E-state index contributed by atoms with van der Waals surface area (Å²) < 4.78 is 5.01. The Balaban J connectivity index is 0.000001000. The van der Waals surface area contributed by atoms with Gasteiger partial charge in [-0.1, -0.05) is 24.3 Å². The Morgan fingerprint density at radius 3 is 2.45 bits per heavy atom. The van der Waals surface area contributed by atoms with E-state index in [9.17, 15) is 0 Å². The van der Waals surface area contributed by atoms with Gasteiger partial charge in [0.15, 0.2) is 0 Å². The van der Waals surface area contributed by atoms with Gasteiger partial charge in [-0.2, -0.15) is 0 Å². The Morgan fingerprint density at radius 2 is 1.91 bits per heavy atom. The van der Waals surface area contributed by atoms with Gasteiger partial charge in [0.2, 0.25) is 0 Å². The average Bonchev–Trinajstić information content (AvgIpc) is 1.94. The number of rotatable bonds is 2. The number of ether oxygens (including phenoxy) is 1. The molecule has 0 saturated carbocycles. The molecule has 0 N–H and O–H groups in total. The molecule has 0 atom stereocenters. The third kappa shape index (κ3) is 3.31. The molecule has 1 aromatic rings. The fourth-order valence-corrected chi connectivity index (χ4v) is 0.928. The summed E-state index contributed by atoms with van der Waals surface area (Å²) in [4.78, 5) is 0. The van der Waals surface area contributed by atoms with E-state index in [-0.39, 0.29) is 26.2 Å². The molecule has 0 spiro atoms. The predicted molar refractivity (Wildman–Crippen MR) is 47.6 cm³/mol. The van der Waals surface area contributed by atoms with E-state index in [0.717, 1.165) is 0 Å². The fourth-order valence-electron chi connectivity index (χ4n) is 0.928. The van der Waals surface area contributed by atoms with Crippen LogP contribution in [0, 0.1) is 6.92 Å². The molecule has 0 aliphatic heterocycles. The second-order valence-corrected chi connectivity index (χ2v) is 2.36. The van der Waals surface area contributed by atoms with Gasteiger partial charge < -0.3 is 4.74 Å². The van der Waals surface area contributed by atoms with Crippen LogP contribution in [0.3, 0.4) is 0 Å².